The maximum Gasteiger partial charge on any atom is 0.168 e. The fourth-order valence-electron chi connectivity index (χ4n) is 1.93. The van der Waals surface area contributed by atoms with Crippen molar-refractivity contribution in [1.82, 2.24) is 9.97 Å². The molecule has 0 N–H and O–H groups in total. The predicted molar refractivity (Wildman–Crippen MR) is 70.7 cm³/mol. The van der Waals surface area contributed by atoms with Crippen LogP contribution in [0, 0.1) is 12.7 Å². The third-order valence-corrected chi connectivity index (χ3v) is 3.12. The molecule has 0 spiro atoms. The van der Waals surface area contributed by atoms with Gasteiger partial charge in [-0.1, -0.05) is 12.1 Å². The van der Waals surface area contributed by atoms with Gasteiger partial charge in [0, 0.05) is 11.1 Å². The molecule has 98 valence electrons. The molecule has 3 nitrogen and oxygen atoms in total. The first-order chi connectivity index (χ1) is 8.93. The molecule has 0 aliphatic rings. The van der Waals surface area contributed by atoms with E-state index in [-0.39, 0.29) is 5.82 Å². The fourth-order valence-corrected chi connectivity index (χ4v) is 1.93. The number of hydrogen-bond acceptors (Lipinski definition) is 3. The van der Waals surface area contributed by atoms with Crippen LogP contribution in [0.3, 0.4) is 0 Å². The van der Waals surface area contributed by atoms with Crippen molar-refractivity contribution in [3.63, 3.8) is 0 Å². The van der Waals surface area contributed by atoms with E-state index in [9.17, 15) is 9.18 Å². The Morgan fingerprint density at radius 1 is 1.16 bits per heavy atom. The summed E-state index contributed by atoms with van der Waals surface area (Å²) in [7, 11) is 0. The molecule has 0 fully saturated rings. The van der Waals surface area contributed by atoms with Crippen molar-refractivity contribution in [3.05, 3.63) is 58.9 Å². The van der Waals surface area contributed by atoms with Gasteiger partial charge in [-0.3, -0.25) is 4.79 Å². The van der Waals surface area contributed by atoms with Gasteiger partial charge in [-0.05, 0) is 44.5 Å². The monoisotopic (exact) mass is 258 g/mol. The van der Waals surface area contributed by atoms with E-state index in [0.29, 0.717) is 17.8 Å². The molecule has 0 amide bonds. The van der Waals surface area contributed by atoms with Gasteiger partial charge in [0.2, 0.25) is 0 Å². The number of hydrogen-bond donors (Lipinski definition) is 0. The maximum absolute atomic E-state index is 13.0. The van der Waals surface area contributed by atoms with E-state index in [1.54, 1.807) is 18.2 Å². The third-order valence-electron chi connectivity index (χ3n) is 3.12. The third kappa shape index (κ3) is 2.67. The summed E-state index contributed by atoms with van der Waals surface area (Å²) in [6, 6.07) is 7.88. The van der Waals surface area contributed by atoms with Gasteiger partial charge in [0.25, 0.3) is 0 Å². The van der Waals surface area contributed by atoms with Gasteiger partial charge >= 0.3 is 0 Å². The molecular formula is C15H15FN2O. The van der Waals surface area contributed by atoms with Crippen molar-refractivity contribution >= 4 is 6.29 Å². The molecule has 4 heteroatoms. The summed E-state index contributed by atoms with van der Waals surface area (Å²) < 4.78 is 13.0. The number of aldehydes is 1. The summed E-state index contributed by atoms with van der Waals surface area (Å²) in [4.78, 5) is 19.5. The zero-order valence-electron chi connectivity index (χ0n) is 11.1. The van der Waals surface area contributed by atoms with E-state index >= 15 is 0 Å². The second-order valence-electron chi connectivity index (χ2n) is 5.01. The van der Waals surface area contributed by atoms with Crippen LogP contribution in [0.1, 0.15) is 41.4 Å². The minimum atomic E-state index is -0.489. The minimum absolute atomic E-state index is 0.279. The Hall–Kier alpha value is -2.10. The quantitative estimate of drug-likeness (QED) is 0.795. The molecule has 0 radical (unpaired) electrons. The molecule has 19 heavy (non-hydrogen) atoms. The Morgan fingerprint density at radius 3 is 2.37 bits per heavy atom. The molecule has 1 heterocycles. The Morgan fingerprint density at radius 2 is 1.79 bits per heavy atom. The summed E-state index contributed by atoms with van der Waals surface area (Å²) in [5, 5.41) is 0. The summed E-state index contributed by atoms with van der Waals surface area (Å²) in [5.74, 6) is 0.277. The Labute approximate surface area is 111 Å². The first-order valence-corrected chi connectivity index (χ1v) is 6.01. The van der Waals surface area contributed by atoms with Crippen LogP contribution in [-0.2, 0) is 5.41 Å². The lowest BCUT2D eigenvalue weighted by Gasteiger charge is -2.24. The van der Waals surface area contributed by atoms with Gasteiger partial charge in [-0.25, -0.2) is 14.4 Å². The molecule has 2 aromatic rings. The molecule has 0 aliphatic carbocycles. The van der Waals surface area contributed by atoms with Gasteiger partial charge < -0.3 is 0 Å². The highest BCUT2D eigenvalue weighted by Gasteiger charge is 2.27. The summed E-state index contributed by atoms with van der Waals surface area (Å²) in [5.41, 5.74) is 1.51. The van der Waals surface area contributed by atoms with E-state index < -0.39 is 5.41 Å². The van der Waals surface area contributed by atoms with Gasteiger partial charge in [-0.2, -0.15) is 0 Å². The highest BCUT2D eigenvalue weighted by Crippen LogP contribution is 2.29. The van der Waals surface area contributed by atoms with Crippen LogP contribution in [0.15, 0.2) is 30.3 Å². The second kappa shape index (κ2) is 4.88. The smallest absolute Gasteiger partial charge is 0.168 e. The van der Waals surface area contributed by atoms with Crippen molar-refractivity contribution in [2.24, 2.45) is 0 Å². The van der Waals surface area contributed by atoms with Crippen molar-refractivity contribution in [1.29, 1.82) is 0 Å². The van der Waals surface area contributed by atoms with Crippen molar-refractivity contribution in [2.75, 3.05) is 0 Å². The average Bonchev–Trinajstić information content (AvgIpc) is 2.38. The molecule has 0 aliphatic heterocycles. The van der Waals surface area contributed by atoms with Gasteiger partial charge in [-0.15, -0.1) is 0 Å². The van der Waals surface area contributed by atoms with Crippen molar-refractivity contribution in [3.8, 4) is 0 Å². The number of carbonyl (C=O) groups is 1. The molecule has 0 bridgehead atoms. The SMILES string of the molecule is Cc1cc(C=O)nc(C(C)(C)c2ccc(F)cc2)n1. The largest absolute Gasteiger partial charge is 0.296 e. The Bertz CT molecular complexity index is 606. The number of nitrogens with zero attached hydrogens (tertiary/aromatic N) is 2. The maximum atomic E-state index is 13.0. The molecule has 0 saturated carbocycles. The van der Waals surface area contributed by atoms with E-state index in [1.165, 1.54) is 12.1 Å². The van der Waals surface area contributed by atoms with Crippen LogP contribution in [0.4, 0.5) is 4.39 Å². The van der Waals surface area contributed by atoms with E-state index in [2.05, 4.69) is 9.97 Å². The highest BCUT2D eigenvalue weighted by atomic mass is 19.1. The first kappa shape index (κ1) is 13.3. The number of carbonyl (C=O) groups excluding carboxylic acids is 1. The zero-order valence-corrected chi connectivity index (χ0v) is 11.1. The molecule has 0 saturated heterocycles. The van der Waals surface area contributed by atoms with E-state index in [1.807, 2.05) is 20.8 Å². The van der Waals surface area contributed by atoms with Crippen LogP contribution in [0.2, 0.25) is 0 Å². The lowest BCUT2D eigenvalue weighted by atomic mass is 9.83. The lowest BCUT2D eigenvalue weighted by Crippen LogP contribution is -2.23. The predicted octanol–water partition coefficient (Wildman–Crippen LogP) is 3.06. The van der Waals surface area contributed by atoms with E-state index in [4.69, 9.17) is 0 Å². The molecule has 0 unspecified atom stereocenters. The average molecular weight is 258 g/mol. The topological polar surface area (TPSA) is 42.9 Å². The van der Waals surface area contributed by atoms with Crippen LogP contribution < -0.4 is 0 Å². The van der Waals surface area contributed by atoms with Gasteiger partial charge in [0.15, 0.2) is 6.29 Å². The van der Waals surface area contributed by atoms with Gasteiger partial charge in [0.1, 0.15) is 17.3 Å². The summed E-state index contributed by atoms with van der Waals surface area (Å²) in [6.07, 6.45) is 0.707. The number of aromatic nitrogens is 2. The second-order valence-corrected chi connectivity index (χ2v) is 5.01. The van der Waals surface area contributed by atoms with E-state index in [0.717, 1.165) is 11.3 Å². The number of benzene rings is 1. The number of rotatable bonds is 3. The Kier molecular flexibility index (Phi) is 3.42. The Balaban J connectivity index is 2.52. The minimum Gasteiger partial charge on any atom is -0.296 e. The standard InChI is InChI=1S/C15H15FN2O/c1-10-8-13(9-19)18-14(17-10)15(2,3)11-4-6-12(16)7-5-11/h4-9H,1-3H3. The summed E-state index contributed by atoms with van der Waals surface area (Å²) >= 11 is 0. The number of aryl methyl sites for hydroxylation is 1. The summed E-state index contributed by atoms with van der Waals surface area (Å²) in [6.45, 7) is 5.71. The van der Waals surface area contributed by atoms with Crippen molar-refractivity contribution in [2.45, 2.75) is 26.2 Å². The van der Waals surface area contributed by atoms with Gasteiger partial charge in [0.05, 0.1) is 0 Å². The van der Waals surface area contributed by atoms with Crippen molar-refractivity contribution < 1.29 is 9.18 Å². The lowest BCUT2D eigenvalue weighted by molar-refractivity contribution is 0.111. The van der Waals surface area contributed by atoms with Crippen LogP contribution in [0.25, 0.3) is 0 Å². The molecule has 1 aromatic carbocycles. The number of halogens is 1. The zero-order chi connectivity index (χ0) is 14.0. The molecule has 0 atom stereocenters. The molecular weight excluding hydrogens is 243 g/mol. The highest BCUT2D eigenvalue weighted by molar-refractivity contribution is 5.71. The van der Waals surface area contributed by atoms with Crippen LogP contribution >= 0.6 is 0 Å². The fraction of sp³-hybridized carbons (Fsp3) is 0.267. The molecule has 1 aromatic heterocycles. The first-order valence-electron chi connectivity index (χ1n) is 6.01. The van der Waals surface area contributed by atoms with Crippen LogP contribution in [0.5, 0.6) is 0 Å². The van der Waals surface area contributed by atoms with Crippen LogP contribution in [-0.4, -0.2) is 16.3 Å². The normalized spacial score (nSPS) is 11.4. The molecule has 2 rings (SSSR count).